The summed E-state index contributed by atoms with van der Waals surface area (Å²) in [7, 11) is 0. The molecule has 0 saturated carbocycles. The van der Waals surface area contributed by atoms with Gasteiger partial charge in [0.15, 0.2) is 0 Å². The van der Waals surface area contributed by atoms with Crippen LogP contribution < -0.4 is 0 Å². The van der Waals surface area contributed by atoms with Crippen LogP contribution in [-0.4, -0.2) is 47.5 Å². The molecule has 0 bridgehead atoms. The molecule has 0 spiro atoms. The van der Waals surface area contributed by atoms with Crippen molar-refractivity contribution in [3.63, 3.8) is 0 Å². The van der Waals surface area contributed by atoms with Crippen molar-refractivity contribution in [1.29, 1.82) is 0 Å². The second kappa shape index (κ2) is 4.04. The zero-order chi connectivity index (χ0) is 8.27. The zero-order valence-electron chi connectivity index (χ0n) is 7.03. The Labute approximate surface area is 67.6 Å². The summed E-state index contributed by atoms with van der Waals surface area (Å²) >= 11 is 0. The summed E-state index contributed by atoms with van der Waals surface area (Å²) < 4.78 is 0. The Morgan fingerprint density at radius 1 is 1.55 bits per heavy atom. The van der Waals surface area contributed by atoms with Gasteiger partial charge in [0.2, 0.25) is 0 Å². The molecule has 0 aliphatic carbocycles. The van der Waals surface area contributed by atoms with Crippen LogP contribution in [0.4, 0.5) is 0 Å². The van der Waals surface area contributed by atoms with E-state index in [4.69, 9.17) is 5.11 Å². The number of aliphatic hydroxyl groups is 2. The second-order valence-corrected chi connectivity index (χ2v) is 3.19. The minimum Gasteiger partial charge on any atom is -0.396 e. The summed E-state index contributed by atoms with van der Waals surface area (Å²) in [4.78, 5) is 2.21. The number of piperidine rings is 1. The van der Waals surface area contributed by atoms with Gasteiger partial charge in [-0.2, -0.15) is 0 Å². The lowest BCUT2D eigenvalue weighted by atomic mass is 9.95. The summed E-state index contributed by atoms with van der Waals surface area (Å²) in [5.41, 5.74) is 0. The molecule has 0 radical (unpaired) electrons. The highest BCUT2D eigenvalue weighted by Gasteiger charge is 2.25. The van der Waals surface area contributed by atoms with Crippen LogP contribution >= 0.6 is 0 Å². The average molecular weight is 159 g/mol. The first-order valence-electron chi connectivity index (χ1n) is 4.29. The lowest BCUT2D eigenvalue weighted by Gasteiger charge is -2.34. The van der Waals surface area contributed by atoms with Gasteiger partial charge in [-0.1, -0.05) is 6.92 Å². The molecular formula is C8H17NO2. The Balaban J connectivity index is 2.34. The molecule has 1 rings (SSSR count). The van der Waals surface area contributed by atoms with Gasteiger partial charge < -0.3 is 15.1 Å². The van der Waals surface area contributed by atoms with Crippen molar-refractivity contribution >= 4 is 0 Å². The third-order valence-corrected chi connectivity index (χ3v) is 2.49. The largest absolute Gasteiger partial charge is 0.396 e. The van der Waals surface area contributed by atoms with Crippen LogP contribution in [0.3, 0.4) is 0 Å². The maximum atomic E-state index is 9.47. The van der Waals surface area contributed by atoms with Crippen molar-refractivity contribution in [1.82, 2.24) is 4.90 Å². The number of likely N-dealkylation sites (N-methyl/N-ethyl adjacent to an activating group) is 1. The lowest BCUT2D eigenvalue weighted by molar-refractivity contribution is -0.0000522. The second-order valence-electron chi connectivity index (χ2n) is 3.19. The Kier molecular flexibility index (Phi) is 3.30. The fourth-order valence-electron chi connectivity index (χ4n) is 1.55. The molecule has 3 nitrogen and oxygen atoms in total. The first-order valence-corrected chi connectivity index (χ1v) is 4.29. The number of likely N-dealkylation sites (tertiary alicyclic amines) is 1. The molecule has 1 aliphatic heterocycles. The summed E-state index contributed by atoms with van der Waals surface area (Å²) in [6, 6.07) is 0. The number of aliphatic hydroxyl groups excluding tert-OH is 2. The van der Waals surface area contributed by atoms with Crippen LogP contribution in [0.5, 0.6) is 0 Å². The Bertz CT molecular complexity index is 119. The van der Waals surface area contributed by atoms with E-state index in [2.05, 4.69) is 11.8 Å². The van der Waals surface area contributed by atoms with Crippen molar-refractivity contribution < 1.29 is 10.2 Å². The van der Waals surface area contributed by atoms with Crippen molar-refractivity contribution in [2.45, 2.75) is 19.4 Å². The van der Waals surface area contributed by atoms with Gasteiger partial charge in [-0.15, -0.1) is 0 Å². The molecule has 1 aliphatic rings. The molecule has 2 N–H and O–H groups in total. The molecule has 3 heteroatoms. The van der Waals surface area contributed by atoms with Crippen LogP contribution in [0.25, 0.3) is 0 Å². The minimum absolute atomic E-state index is 0.109. The van der Waals surface area contributed by atoms with E-state index >= 15 is 0 Å². The molecule has 66 valence electrons. The van der Waals surface area contributed by atoms with Gasteiger partial charge in [-0.25, -0.2) is 0 Å². The number of hydrogen-bond donors (Lipinski definition) is 2. The Morgan fingerprint density at radius 2 is 2.27 bits per heavy atom. The molecule has 1 heterocycles. The predicted octanol–water partition coefficient (Wildman–Crippen LogP) is -0.319. The monoisotopic (exact) mass is 159 g/mol. The summed E-state index contributed by atoms with van der Waals surface area (Å²) in [5.74, 6) is 0.109. The van der Waals surface area contributed by atoms with Crippen LogP contribution in [0.1, 0.15) is 13.3 Å². The highest BCUT2D eigenvalue weighted by Crippen LogP contribution is 2.16. The van der Waals surface area contributed by atoms with E-state index in [1.807, 2.05) is 0 Å². The summed E-state index contributed by atoms with van der Waals surface area (Å²) in [6.45, 7) is 4.94. The maximum Gasteiger partial charge on any atom is 0.0717 e. The normalized spacial score (nSPS) is 34.1. The van der Waals surface area contributed by atoms with E-state index < -0.39 is 0 Å². The van der Waals surface area contributed by atoms with Gasteiger partial charge in [-0.3, -0.25) is 0 Å². The van der Waals surface area contributed by atoms with Gasteiger partial charge in [0.05, 0.1) is 6.10 Å². The van der Waals surface area contributed by atoms with Crippen molar-refractivity contribution in [2.75, 3.05) is 26.2 Å². The van der Waals surface area contributed by atoms with Crippen LogP contribution in [0.2, 0.25) is 0 Å². The van der Waals surface area contributed by atoms with Gasteiger partial charge in [0, 0.05) is 19.1 Å². The smallest absolute Gasteiger partial charge is 0.0717 e. The number of rotatable bonds is 2. The van der Waals surface area contributed by atoms with E-state index in [1.165, 1.54) is 0 Å². The summed E-state index contributed by atoms with van der Waals surface area (Å²) in [5, 5.41) is 18.3. The van der Waals surface area contributed by atoms with Crippen molar-refractivity contribution in [3.8, 4) is 0 Å². The number of β-amino-alcohol motifs (C(OH)–C–C–N with tert-alkyl or cyclic N) is 1. The van der Waals surface area contributed by atoms with Crippen molar-refractivity contribution in [3.05, 3.63) is 0 Å². The lowest BCUT2D eigenvalue weighted by Crippen LogP contribution is -2.44. The molecule has 0 aromatic carbocycles. The number of nitrogens with zero attached hydrogens (tertiary/aromatic N) is 1. The molecular weight excluding hydrogens is 142 g/mol. The van der Waals surface area contributed by atoms with Gasteiger partial charge in [0.1, 0.15) is 0 Å². The molecule has 11 heavy (non-hydrogen) atoms. The number of hydrogen-bond acceptors (Lipinski definition) is 3. The SMILES string of the molecule is CCN1CC[C@@H](CO)[C@H](O)C1. The Morgan fingerprint density at radius 3 is 2.73 bits per heavy atom. The average Bonchev–Trinajstić information content (AvgIpc) is 2.04. The van der Waals surface area contributed by atoms with Gasteiger partial charge in [0.25, 0.3) is 0 Å². The van der Waals surface area contributed by atoms with Gasteiger partial charge >= 0.3 is 0 Å². The predicted molar refractivity (Wildman–Crippen MR) is 43.3 cm³/mol. The molecule has 2 atom stereocenters. The molecule has 1 fully saturated rings. The van der Waals surface area contributed by atoms with Crippen LogP contribution in [0, 0.1) is 5.92 Å². The van der Waals surface area contributed by atoms with E-state index in [9.17, 15) is 5.11 Å². The van der Waals surface area contributed by atoms with E-state index in [-0.39, 0.29) is 18.6 Å². The highest BCUT2D eigenvalue weighted by molar-refractivity contribution is 4.78. The third-order valence-electron chi connectivity index (χ3n) is 2.49. The fourth-order valence-corrected chi connectivity index (χ4v) is 1.55. The molecule has 1 saturated heterocycles. The van der Waals surface area contributed by atoms with Gasteiger partial charge in [-0.05, 0) is 19.5 Å². The van der Waals surface area contributed by atoms with Crippen molar-refractivity contribution in [2.24, 2.45) is 5.92 Å². The molecule has 0 aromatic heterocycles. The minimum atomic E-state index is -0.325. The maximum absolute atomic E-state index is 9.47. The first kappa shape index (κ1) is 8.97. The first-order chi connectivity index (χ1) is 5.27. The fraction of sp³-hybridized carbons (Fsp3) is 1.00. The third kappa shape index (κ3) is 2.15. The standard InChI is InChI=1S/C8H17NO2/c1-2-9-4-3-7(6-10)8(11)5-9/h7-8,10-11H,2-6H2,1H3/t7-,8+/m0/s1. The molecule has 0 aromatic rings. The summed E-state index contributed by atoms with van der Waals surface area (Å²) in [6.07, 6.45) is 0.597. The van der Waals surface area contributed by atoms with Crippen LogP contribution in [-0.2, 0) is 0 Å². The van der Waals surface area contributed by atoms with E-state index in [1.54, 1.807) is 0 Å². The van der Waals surface area contributed by atoms with E-state index in [0.717, 1.165) is 26.1 Å². The topological polar surface area (TPSA) is 43.7 Å². The quantitative estimate of drug-likeness (QED) is 0.580. The van der Waals surface area contributed by atoms with Crippen LogP contribution in [0.15, 0.2) is 0 Å². The molecule has 0 amide bonds. The van der Waals surface area contributed by atoms with E-state index in [0.29, 0.717) is 0 Å². The Hall–Kier alpha value is -0.120. The molecule has 0 unspecified atom stereocenters. The highest BCUT2D eigenvalue weighted by atomic mass is 16.3. The zero-order valence-corrected chi connectivity index (χ0v) is 7.03.